The minimum absolute atomic E-state index is 0.168. The second-order valence-corrected chi connectivity index (χ2v) is 3.55. The number of benzene rings is 1. The van der Waals surface area contributed by atoms with Crippen LogP contribution in [0.15, 0.2) is 28.7 Å². The summed E-state index contributed by atoms with van der Waals surface area (Å²) in [6, 6.07) is 6.34. The normalized spacial score (nSPS) is 12.2. The molecule has 2 rings (SSSR count). The molecule has 0 fully saturated rings. The van der Waals surface area contributed by atoms with Crippen molar-refractivity contribution >= 4 is 11.0 Å². The molecule has 0 amide bonds. The molecule has 0 spiro atoms. The molecule has 1 atom stereocenters. The van der Waals surface area contributed by atoms with E-state index in [0.29, 0.717) is 5.76 Å². The van der Waals surface area contributed by atoms with Gasteiger partial charge in [-0.05, 0) is 18.4 Å². The fourth-order valence-corrected chi connectivity index (χ4v) is 1.36. The van der Waals surface area contributed by atoms with Gasteiger partial charge in [-0.15, -0.1) is 0 Å². The van der Waals surface area contributed by atoms with E-state index in [1.54, 1.807) is 18.2 Å². The molecule has 0 saturated carbocycles. The molecule has 0 aliphatic rings. The van der Waals surface area contributed by atoms with Crippen molar-refractivity contribution < 1.29 is 8.81 Å². The van der Waals surface area contributed by atoms with Crippen LogP contribution in [0.4, 0.5) is 4.39 Å². The van der Waals surface area contributed by atoms with Gasteiger partial charge in [0.05, 0.1) is 6.04 Å². The quantitative estimate of drug-likeness (QED) is 0.746. The van der Waals surface area contributed by atoms with E-state index in [-0.39, 0.29) is 17.4 Å². The predicted octanol–water partition coefficient (Wildman–Crippen LogP) is 2.66. The standard InChI is InChI=1S/C13H12FNO/c1-2-10(15)6-7-11-8-9-4-3-5-12(14)13(9)16-11/h3-5,8,10H,2,15H2,1H3. The lowest BCUT2D eigenvalue weighted by Gasteiger charge is -1.93. The number of hydrogen-bond acceptors (Lipinski definition) is 2. The zero-order chi connectivity index (χ0) is 11.5. The first-order valence-corrected chi connectivity index (χ1v) is 5.16. The average Bonchev–Trinajstić information content (AvgIpc) is 2.70. The van der Waals surface area contributed by atoms with E-state index >= 15 is 0 Å². The Hall–Kier alpha value is -1.79. The number of hydrogen-bond donors (Lipinski definition) is 1. The fourth-order valence-electron chi connectivity index (χ4n) is 1.36. The van der Waals surface area contributed by atoms with Crippen molar-refractivity contribution in [3.05, 3.63) is 35.8 Å². The molecule has 82 valence electrons. The largest absolute Gasteiger partial charge is 0.445 e. The van der Waals surface area contributed by atoms with E-state index in [1.807, 2.05) is 6.92 Å². The molecule has 16 heavy (non-hydrogen) atoms. The molecular formula is C13H12FNO. The minimum atomic E-state index is -0.370. The Labute approximate surface area is 93.2 Å². The van der Waals surface area contributed by atoms with Crippen molar-refractivity contribution in [1.82, 2.24) is 0 Å². The van der Waals surface area contributed by atoms with E-state index in [9.17, 15) is 4.39 Å². The predicted molar refractivity (Wildman–Crippen MR) is 61.3 cm³/mol. The van der Waals surface area contributed by atoms with Crippen LogP contribution in [0.3, 0.4) is 0 Å². The Balaban J connectivity index is 2.39. The Morgan fingerprint density at radius 3 is 3.00 bits per heavy atom. The van der Waals surface area contributed by atoms with Gasteiger partial charge in [0.25, 0.3) is 0 Å². The lowest BCUT2D eigenvalue weighted by molar-refractivity contribution is 0.552. The summed E-state index contributed by atoms with van der Waals surface area (Å²) in [7, 11) is 0. The van der Waals surface area contributed by atoms with Gasteiger partial charge in [0.2, 0.25) is 0 Å². The summed E-state index contributed by atoms with van der Waals surface area (Å²) in [5.41, 5.74) is 5.90. The third-order valence-corrected chi connectivity index (χ3v) is 2.32. The molecule has 1 aromatic heterocycles. The van der Waals surface area contributed by atoms with E-state index in [2.05, 4.69) is 11.8 Å². The van der Waals surface area contributed by atoms with Crippen LogP contribution in [0.25, 0.3) is 11.0 Å². The lowest BCUT2D eigenvalue weighted by Crippen LogP contribution is -2.15. The smallest absolute Gasteiger partial charge is 0.178 e. The minimum Gasteiger partial charge on any atom is -0.445 e. The number of nitrogens with two attached hydrogens (primary N) is 1. The molecule has 2 N–H and O–H groups in total. The first kappa shape index (κ1) is 10.7. The van der Waals surface area contributed by atoms with Gasteiger partial charge in [-0.2, -0.15) is 0 Å². The van der Waals surface area contributed by atoms with Crippen molar-refractivity contribution in [1.29, 1.82) is 0 Å². The third-order valence-electron chi connectivity index (χ3n) is 2.32. The van der Waals surface area contributed by atoms with Gasteiger partial charge in [-0.3, -0.25) is 0 Å². The van der Waals surface area contributed by atoms with Crippen molar-refractivity contribution in [2.24, 2.45) is 5.73 Å². The number of para-hydroxylation sites is 1. The molecule has 0 bridgehead atoms. The van der Waals surface area contributed by atoms with Gasteiger partial charge >= 0.3 is 0 Å². The van der Waals surface area contributed by atoms with Crippen LogP contribution in [0, 0.1) is 17.7 Å². The molecule has 0 saturated heterocycles. The summed E-state index contributed by atoms with van der Waals surface area (Å²) >= 11 is 0. The van der Waals surface area contributed by atoms with Gasteiger partial charge in [-0.25, -0.2) is 4.39 Å². The van der Waals surface area contributed by atoms with Crippen LogP contribution in [0.1, 0.15) is 19.1 Å². The highest BCUT2D eigenvalue weighted by molar-refractivity contribution is 5.79. The molecule has 2 aromatic rings. The van der Waals surface area contributed by atoms with Crippen molar-refractivity contribution in [3.63, 3.8) is 0 Å². The first-order valence-electron chi connectivity index (χ1n) is 5.16. The molecule has 0 aliphatic carbocycles. The first-order chi connectivity index (χ1) is 7.70. The zero-order valence-corrected chi connectivity index (χ0v) is 8.96. The van der Waals surface area contributed by atoms with Gasteiger partial charge < -0.3 is 10.2 Å². The van der Waals surface area contributed by atoms with Crippen molar-refractivity contribution in [2.45, 2.75) is 19.4 Å². The molecule has 3 heteroatoms. The highest BCUT2D eigenvalue weighted by atomic mass is 19.1. The van der Waals surface area contributed by atoms with Gasteiger partial charge in [-0.1, -0.05) is 25.0 Å². The maximum atomic E-state index is 13.3. The van der Waals surface area contributed by atoms with Gasteiger partial charge in [0.1, 0.15) is 0 Å². The summed E-state index contributed by atoms with van der Waals surface area (Å²) in [6.07, 6.45) is 0.779. The third kappa shape index (κ3) is 2.07. The van der Waals surface area contributed by atoms with Crippen LogP contribution >= 0.6 is 0 Å². The summed E-state index contributed by atoms with van der Waals surface area (Å²) < 4.78 is 18.6. The van der Waals surface area contributed by atoms with E-state index in [4.69, 9.17) is 10.2 Å². The summed E-state index contributed by atoms with van der Waals surface area (Å²) in [4.78, 5) is 0. The number of halogens is 1. The highest BCUT2D eigenvalue weighted by Gasteiger charge is 2.05. The van der Waals surface area contributed by atoms with Crippen molar-refractivity contribution in [2.75, 3.05) is 0 Å². The number of fused-ring (bicyclic) bond motifs is 1. The molecule has 1 aromatic carbocycles. The molecule has 1 heterocycles. The molecule has 2 nitrogen and oxygen atoms in total. The maximum Gasteiger partial charge on any atom is 0.178 e. The number of furan rings is 1. The maximum absolute atomic E-state index is 13.3. The Morgan fingerprint density at radius 2 is 2.31 bits per heavy atom. The van der Waals surface area contributed by atoms with E-state index < -0.39 is 0 Å². The van der Waals surface area contributed by atoms with Crippen LogP contribution < -0.4 is 5.73 Å². The summed E-state index contributed by atoms with van der Waals surface area (Å²) in [5, 5.41) is 0.717. The highest BCUT2D eigenvalue weighted by Crippen LogP contribution is 2.21. The average molecular weight is 217 g/mol. The number of rotatable bonds is 1. The molecule has 0 aliphatic heterocycles. The van der Waals surface area contributed by atoms with Crippen molar-refractivity contribution in [3.8, 4) is 11.8 Å². The summed E-state index contributed by atoms with van der Waals surface area (Å²) in [6.45, 7) is 1.96. The van der Waals surface area contributed by atoms with E-state index in [0.717, 1.165) is 11.8 Å². The zero-order valence-electron chi connectivity index (χ0n) is 8.96. The fraction of sp³-hybridized carbons (Fsp3) is 0.231. The monoisotopic (exact) mass is 217 g/mol. The van der Waals surface area contributed by atoms with E-state index in [1.165, 1.54) is 6.07 Å². The molecule has 0 radical (unpaired) electrons. The van der Waals surface area contributed by atoms with Gasteiger partial charge in [0, 0.05) is 11.5 Å². The molecular weight excluding hydrogens is 205 g/mol. The lowest BCUT2D eigenvalue weighted by atomic mass is 10.2. The van der Waals surface area contributed by atoms with Crippen LogP contribution in [-0.2, 0) is 0 Å². The molecule has 1 unspecified atom stereocenters. The van der Waals surface area contributed by atoms with Crippen LogP contribution in [-0.4, -0.2) is 6.04 Å². The Bertz CT molecular complexity index is 562. The SMILES string of the molecule is CCC(N)C#Cc1cc2cccc(F)c2o1. The van der Waals surface area contributed by atoms with Gasteiger partial charge in [0.15, 0.2) is 17.2 Å². The topological polar surface area (TPSA) is 39.2 Å². The Kier molecular flexibility index (Phi) is 2.93. The van der Waals surface area contributed by atoms with Crippen LogP contribution in [0.5, 0.6) is 0 Å². The van der Waals surface area contributed by atoms with Crippen LogP contribution in [0.2, 0.25) is 0 Å². The Morgan fingerprint density at radius 1 is 1.50 bits per heavy atom. The summed E-state index contributed by atoms with van der Waals surface area (Å²) in [5.74, 6) is 5.72. The second-order valence-electron chi connectivity index (χ2n) is 3.55. The second kappa shape index (κ2) is 4.38.